The second kappa shape index (κ2) is 3.83. The quantitative estimate of drug-likeness (QED) is 0.604. The van der Waals surface area contributed by atoms with Gasteiger partial charge in [0.1, 0.15) is 3.74 Å². The number of thiophene rings is 1. The van der Waals surface area contributed by atoms with E-state index < -0.39 is 0 Å². The Morgan fingerprint density at radius 1 is 1.64 bits per heavy atom. The fourth-order valence-electron chi connectivity index (χ4n) is 0.724. The molecule has 0 aliphatic rings. The molecule has 0 aromatic carbocycles. The maximum Gasteiger partial charge on any atom is 0.197 e. The minimum Gasteiger partial charge on any atom is -0.291 e. The lowest BCUT2D eigenvalue weighted by Gasteiger charge is -1.98. The predicted molar refractivity (Wildman–Crippen MR) is 55.0 cm³/mol. The van der Waals surface area contributed by atoms with Gasteiger partial charge in [-0.25, -0.2) is 0 Å². The third-order valence-corrected chi connectivity index (χ3v) is 3.15. The predicted octanol–water partition coefficient (Wildman–Crippen LogP) is 3.36. The summed E-state index contributed by atoms with van der Waals surface area (Å²) in [4.78, 5) is 12.2. The Labute approximate surface area is 86.1 Å². The summed E-state index contributed by atoms with van der Waals surface area (Å²) in [7, 11) is 0. The van der Waals surface area contributed by atoms with Crippen LogP contribution in [0.25, 0.3) is 0 Å². The van der Waals surface area contributed by atoms with E-state index in [2.05, 4.69) is 31.9 Å². The number of carbonyl (C=O) groups is 1. The summed E-state index contributed by atoms with van der Waals surface area (Å²) in [5.74, 6) is 0.0949. The number of aryl methyl sites for hydroxylation is 1. The van der Waals surface area contributed by atoms with Crippen LogP contribution in [0.1, 0.15) is 15.2 Å². The lowest BCUT2D eigenvalue weighted by molar-refractivity contribution is 0.102. The highest BCUT2D eigenvalue weighted by Crippen LogP contribution is 2.22. The van der Waals surface area contributed by atoms with Gasteiger partial charge in [0.25, 0.3) is 0 Å². The molecule has 1 rings (SSSR count). The molecule has 0 saturated heterocycles. The van der Waals surface area contributed by atoms with Crippen molar-refractivity contribution in [3.05, 3.63) is 21.9 Å². The summed E-state index contributed by atoms with van der Waals surface area (Å²) in [6.45, 7) is 1.94. The largest absolute Gasteiger partial charge is 0.291 e. The van der Waals surface area contributed by atoms with Crippen molar-refractivity contribution in [2.75, 3.05) is 0 Å². The molecular formula is C7H6Br2OS. The maximum atomic E-state index is 11.3. The molecule has 0 spiro atoms. The number of ketones is 1. The van der Waals surface area contributed by atoms with Gasteiger partial charge in [-0.1, -0.05) is 31.9 Å². The van der Waals surface area contributed by atoms with Crippen LogP contribution in [-0.4, -0.2) is 9.52 Å². The van der Waals surface area contributed by atoms with E-state index in [9.17, 15) is 4.79 Å². The fourth-order valence-corrected chi connectivity index (χ4v) is 2.38. The van der Waals surface area contributed by atoms with Crippen molar-refractivity contribution >= 4 is 49.0 Å². The number of rotatable bonds is 2. The molecule has 1 nitrogen and oxygen atoms in total. The monoisotopic (exact) mass is 296 g/mol. The summed E-state index contributed by atoms with van der Waals surface area (Å²) in [5, 5.41) is 1.92. The second-order valence-corrected chi connectivity index (χ2v) is 6.07. The first-order valence-corrected chi connectivity index (χ1v) is 5.70. The van der Waals surface area contributed by atoms with Gasteiger partial charge in [-0.15, -0.1) is 11.3 Å². The molecule has 0 saturated carbocycles. The minimum absolute atomic E-state index is 0.0949. The molecule has 0 aliphatic heterocycles. The highest BCUT2D eigenvalue weighted by atomic mass is 79.9. The van der Waals surface area contributed by atoms with Gasteiger partial charge in [-0.2, -0.15) is 0 Å². The van der Waals surface area contributed by atoms with Crippen molar-refractivity contribution in [3.8, 4) is 0 Å². The van der Waals surface area contributed by atoms with E-state index >= 15 is 0 Å². The SMILES string of the molecule is Cc1ccsc1C(=O)C(Br)Br. The first-order valence-electron chi connectivity index (χ1n) is 2.99. The Kier molecular flexibility index (Phi) is 3.28. The van der Waals surface area contributed by atoms with Gasteiger partial charge in [-0.05, 0) is 23.9 Å². The summed E-state index contributed by atoms with van der Waals surface area (Å²) in [6, 6.07) is 1.94. The average molecular weight is 298 g/mol. The van der Waals surface area contributed by atoms with Crippen molar-refractivity contribution in [2.45, 2.75) is 10.7 Å². The normalized spacial score (nSPS) is 10.5. The molecule has 0 bridgehead atoms. The Bertz CT molecular complexity index is 267. The summed E-state index contributed by atoms with van der Waals surface area (Å²) in [6.07, 6.45) is 0. The van der Waals surface area contributed by atoms with E-state index in [0.29, 0.717) is 0 Å². The number of carbonyl (C=O) groups excluding carboxylic acids is 1. The zero-order valence-corrected chi connectivity index (χ0v) is 9.79. The van der Waals surface area contributed by atoms with Crippen LogP contribution < -0.4 is 0 Å². The lowest BCUT2D eigenvalue weighted by Crippen LogP contribution is -2.05. The van der Waals surface area contributed by atoms with Gasteiger partial charge < -0.3 is 0 Å². The van der Waals surface area contributed by atoms with Crippen molar-refractivity contribution in [3.63, 3.8) is 0 Å². The van der Waals surface area contributed by atoms with E-state index in [-0.39, 0.29) is 9.52 Å². The minimum atomic E-state index is -0.257. The molecule has 4 heteroatoms. The van der Waals surface area contributed by atoms with Crippen LogP contribution in [0.15, 0.2) is 11.4 Å². The standard InChI is InChI=1S/C7H6Br2OS/c1-4-2-3-11-6(4)5(10)7(8)9/h2-3,7H,1H3. The molecule has 0 N–H and O–H groups in total. The molecule has 1 aromatic heterocycles. The highest BCUT2D eigenvalue weighted by molar-refractivity contribution is 9.25. The number of halogens is 2. The van der Waals surface area contributed by atoms with Gasteiger partial charge in [0.15, 0.2) is 5.78 Å². The second-order valence-electron chi connectivity index (χ2n) is 2.10. The zero-order valence-electron chi connectivity index (χ0n) is 5.80. The van der Waals surface area contributed by atoms with Gasteiger partial charge in [0, 0.05) is 0 Å². The smallest absolute Gasteiger partial charge is 0.197 e. The van der Waals surface area contributed by atoms with Crippen molar-refractivity contribution in [2.24, 2.45) is 0 Å². The van der Waals surface area contributed by atoms with Crippen LogP contribution >= 0.6 is 43.2 Å². The van der Waals surface area contributed by atoms with Gasteiger partial charge in [0.2, 0.25) is 0 Å². The lowest BCUT2D eigenvalue weighted by atomic mass is 10.2. The van der Waals surface area contributed by atoms with Crippen LogP contribution in [0.2, 0.25) is 0 Å². The first-order chi connectivity index (χ1) is 5.13. The maximum absolute atomic E-state index is 11.3. The Morgan fingerprint density at radius 2 is 2.27 bits per heavy atom. The molecule has 60 valence electrons. The molecule has 1 heterocycles. The van der Waals surface area contributed by atoms with Gasteiger partial charge >= 0.3 is 0 Å². The van der Waals surface area contributed by atoms with Crippen molar-refractivity contribution in [1.82, 2.24) is 0 Å². The molecule has 0 unspecified atom stereocenters. The molecule has 0 radical (unpaired) electrons. The molecule has 1 aromatic rings. The van der Waals surface area contributed by atoms with Crippen molar-refractivity contribution < 1.29 is 4.79 Å². The Morgan fingerprint density at radius 3 is 2.64 bits per heavy atom. The summed E-state index contributed by atoms with van der Waals surface area (Å²) < 4.78 is -0.257. The van der Waals surface area contributed by atoms with E-state index in [1.807, 2.05) is 18.4 Å². The average Bonchev–Trinajstić information content (AvgIpc) is 2.33. The third-order valence-electron chi connectivity index (χ3n) is 1.28. The molecule has 0 amide bonds. The number of Topliss-reactive ketones (excluding diaryl/α,β-unsaturated/α-hetero) is 1. The van der Waals surface area contributed by atoms with E-state index in [4.69, 9.17) is 0 Å². The molecular weight excluding hydrogens is 292 g/mol. The van der Waals surface area contributed by atoms with Gasteiger partial charge in [-0.3, -0.25) is 4.79 Å². The van der Waals surface area contributed by atoms with Crippen LogP contribution in [0.4, 0.5) is 0 Å². The summed E-state index contributed by atoms with van der Waals surface area (Å²) in [5.41, 5.74) is 1.05. The van der Waals surface area contributed by atoms with E-state index in [1.165, 1.54) is 11.3 Å². The van der Waals surface area contributed by atoms with E-state index in [0.717, 1.165) is 10.4 Å². The van der Waals surface area contributed by atoms with Crippen LogP contribution in [0, 0.1) is 6.92 Å². The number of hydrogen-bond donors (Lipinski definition) is 0. The fraction of sp³-hybridized carbons (Fsp3) is 0.286. The van der Waals surface area contributed by atoms with Crippen LogP contribution in [0.3, 0.4) is 0 Å². The highest BCUT2D eigenvalue weighted by Gasteiger charge is 2.16. The van der Waals surface area contributed by atoms with Gasteiger partial charge in [0.05, 0.1) is 4.88 Å². The van der Waals surface area contributed by atoms with Crippen LogP contribution in [0.5, 0.6) is 0 Å². The van der Waals surface area contributed by atoms with E-state index in [1.54, 1.807) is 0 Å². The topological polar surface area (TPSA) is 17.1 Å². The first kappa shape index (κ1) is 9.42. The molecule has 0 aliphatic carbocycles. The zero-order chi connectivity index (χ0) is 8.43. The van der Waals surface area contributed by atoms with Crippen LogP contribution in [-0.2, 0) is 0 Å². The summed E-state index contributed by atoms with van der Waals surface area (Å²) >= 11 is 7.81. The molecule has 11 heavy (non-hydrogen) atoms. The molecule has 0 atom stereocenters. The Balaban J connectivity index is 2.93. The number of alkyl halides is 2. The van der Waals surface area contributed by atoms with Crippen molar-refractivity contribution in [1.29, 1.82) is 0 Å². The number of hydrogen-bond acceptors (Lipinski definition) is 2. The molecule has 0 fully saturated rings. The Hall–Kier alpha value is 0.330. The third kappa shape index (κ3) is 2.13.